The number of rotatable bonds is 4. The summed E-state index contributed by atoms with van der Waals surface area (Å²) in [6, 6.07) is 10.7. The Bertz CT molecular complexity index is 706. The molecule has 0 saturated carbocycles. The van der Waals surface area contributed by atoms with E-state index < -0.39 is 10.8 Å². The molecule has 2 rings (SSSR count). The van der Waals surface area contributed by atoms with Crippen LogP contribution < -0.4 is 0 Å². The van der Waals surface area contributed by atoms with Gasteiger partial charge in [0.15, 0.2) is 0 Å². The lowest BCUT2D eigenvalue weighted by molar-refractivity contribution is 0.589. The first-order valence-electron chi connectivity index (χ1n) is 7.87. The third-order valence-electron chi connectivity index (χ3n) is 4.08. The van der Waals surface area contributed by atoms with Gasteiger partial charge in [0.1, 0.15) is 5.82 Å². The van der Waals surface area contributed by atoms with Gasteiger partial charge in [-0.1, -0.05) is 45.0 Å². The first kappa shape index (κ1) is 17.9. The van der Waals surface area contributed by atoms with Crippen LogP contribution in [0.3, 0.4) is 0 Å². The maximum Gasteiger partial charge on any atom is 0.123 e. The summed E-state index contributed by atoms with van der Waals surface area (Å²) in [5.74, 6) is 0.623. The number of hydrogen-bond donors (Lipinski definition) is 0. The summed E-state index contributed by atoms with van der Waals surface area (Å²) in [6.45, 7) is 10.8. The fourth-order valence-electron chi connectivity index (χ4n) is 2.68. The van der Waals surface area contributed by atoms with Crippen LogP contribution >= 0.6 is 0 Å². The van der Waals surface area contributed by atoms with Crippen LogP contribution in [0.2, 0.25) is 0 Å². The Labute approximate surface area is 141 Å². The average molecular weight is 332 g/mol. The maximum atomic E-state index is 13.2. The molecule has 1 atom stereocenters. The van der Waals surface area contributed by atoms with E-state index in [-0.39, 0.29) is 11.2 Å². The Morgan fingerprint density at radius 2 is 1.61 bits per heavy atom. The molecule has 0 saturated heterocycles. The second kappa shape index (κ2) is 6.96. The molecule has 0 aliphatic rings. The Morgan fingerprint density at radius 1 is 1.00 bits per heavy atom. The highest BCUT2D eigenvalue weighted by Crippen LogP contribution is 2.27. The summed E-state index contributed by atoms with van der Waals surface area (Å²) in [5.41, 5.74) is 5.70. The highest BCUT2D eigenvalue weighted by Gasteiger charge is 2.17. The van der Waals surface area contributed by atoms with Crippen LogP contribution in [0, 0.1) is 19.7 Å². The van der Waals surface area contributed by atoms with Crippen molar-refractivity contribution in [3.05, 3.63) is 70.0 Å². The minimum atomic E-state index is -1.05. The van der Waals surface area contributed by atoms with Crippen LogP contribution in [0.1, 0.15) is 48.6 Å². The van der Waals surface area contributed by atoms with E-state index in [0.717, 1.165) is 11.1 Å². The van der Waals surface area contributed by atoms with Crippen molar-refractivity contribution < 1.29 is 8.60 Å². The molecular weight excluding hydrogens is 307 g/mol. The molecule has 0 fully saturated rings. The molecule has 124 valence electrons. The van der Waals surface area contributed by atoms with Gasteiger partial charge in [-0.3, -0.25) is 4.21 Å². The third kappa shape index (κ3) is 4.74. The topological polar surface area (TPSA) is 17.1 Å². The summed E-state index contributed by atoms with van der Waals surface area (Å²) >= 11 is 0. The summed E-state index contributed by atoms with van der Waals surface area (Å²) in [6.07, 6.45) is 0. The van der Waals surface area contributed by atoms with Crippen LogP contribution in [0.4, 0.5) is 4.39 Å². The number of aryl methyl sites for hydroxylation is 2. The molecule has 2 aromatic rings. The SMILES string of the molecule is Cc1cc(C(C)(C)C)cc(C)c1C[S@](=O)Cc1cccc(F)c1. The normalized spacial score (nSPS) is 13.1. The molecule has 0 spiro atoms. The van der Waals surface area contributed by atoms with Gasteiger partial charge in [-0.05, 0) is 59.2 Å². The van der Waals surface area contributed by atoms with Crippen molar-refractivity contribution in [2.45, 2.75) is 51.5 Å². The lowest BCUT2D eigenvalue weighted by Gasteiger charge is -2.22. The van der Waals surface area contributed by atoms with Gasteiger partial charge in [0.25, 0.3) is 0 Å². The Hall–Kier alpha value is -1.48. The molecule has 0 aliphatic heterocycles. The number of hydrogen-bond acceptors (Lipinski definition) is 1. The van der Waals surface area contributed by atoms with Crippen molar-refractivity contribution in [3.8, 4) is 0 Å². The van der Waals surface area contributed by atoms with Gasteiger partial charge < -0.3 is 0 Å². The second-order valence-corrected chi connectivity index (χ2v) is 8.65. The van der Waals surface area contributed by atoms with Crippen LogP contribution in [0.25, 0.3) is 0 Å². The predicted molar refractivity (Wildman–Crippen MR) is 96.6 cm³/mol. The molecule has 0 heterocycles. The highest BCUT2D eigenvalue weighted by atomic mass is 32.2. The standard InChI is InChI=1S/C20H25FOS/c1-14-9-17(20(3,4)5)10-15(2)19(14)13-23(22)12-16-7-6-8-18(21)11-16/h6-11H,12-13H2,1-5H3/t23-/m1/s1. The van der Waals surface area contributed by atoms with Gasteiger partial charge in [-0.25, -0.2) is 4.39 Å². The molecule has 0 unspecified atom stereocenters. The summed E-state index contributed by atoms with van der Waals surface area (Å²) in [4.78, 5) is 0. The molecule has 3 heteroatoms. The lowest BCUT2D eigenvalue weighted by atomic mass is 9.84. The lowest BCUT2D eigenvalue weighted by Crippen LogP contribution is -2.13. The number of halogens is 1. The zero-order valence-corrected chi connectivity index (χ0v) is 15.4. The van der Waals surface area contributed by atoms with Crippen molar-refractivity contribution >= 4 is 10.8 Å². The average Bonchev–Trinajstić information content (AvgIpc) is 2.41. The molecule has 0 aromatic heterocycles. The van der Waals surface area contributed by atoms with Gasteiger partial charge in [0, 0.05) is 22.3 Å². The quantitative estimate of drug-likeness (QED) is 0.753. The molecule has 23 heavy (non-hydrogen) atoms. The van der Waals surface area contributed by atoms with Crippen molar-refractivity contribution in [3.63, 3.8) is 0 Å². The van der Waals surface area contributed by atoms with E-state index in [0.29, 0.717) is 11.5 Å². The van der Waals surface area contributed by atoms with Gasteiger partial charge in [-0.15, -0.1) is 0 Å². The Balaban J connectivity index is 2.18. The molecule has 1 nitrogen and oxygen atoms in total. The summed E-state index contributed by atoms with van der Waals surface area (Å²) in [7, 11) is -1.05. The van der Waals surface area contributed by atoms with Crippen molar-refractivity contribution in [1.29, 1.82) is 0 Å². The molecular formula is C20H25FOS. The number of benzene rings is 2. The van der Waals surface area contributed by atoms with Gasteiger partial charge in [-0.2, -0.15) is 0 Å². The molecule has 0 N–H and O–H groups in total. The van der Waals surface area contributed by atoms with E-state index in [4.69, 9.17) is 0 Å². The largest absolute Gasteiger partial charge is 0.259 e. The maximum absolute atomic E-state index is 13.2. The third-order valence-corrected chi connectivity index (χ3v) is 5.35. The Kier molecular flexibility index (Phi) is 5.41. The van der Waals surface area contributed by atoms with Gasteiger partial charge in [0.2, 0.25) is 0 Å². The van der Waals surface area contributed by atoms with Crippen molar-refractivity contribution in [1.82, 2.24) is 0 Å². The van der Waals surface area contributed by atoms with Crippen molar-refractivity contribution in [2.75, 3.05) is 0 Å². The molecule has 2 aromatic carbocycles. The highest BCUT2D eigenvalue weighted by molar-refractivity contribution is 7.83. The first-order valence-corrected chi connectivity index (χ1v) is 9.35. The van der Waals surface area contributed by atoms with Gasteiger partial charge >= 0.3 is 0 Å². The van der Waals surface area contributed by atoms with Gasteiger partial charge in [0.05, 0.1) is 0 Å². The fourth-order valence-corrected chi connectivity index (χ4v) is 4.11. The van der Waals surface area contributed by atoms with E-state index in [1.54, 1.807) is 6.07 Å². The van der Waals surface area contributed by atoms with Crippen LogP contribution in [0.5, 0.6) is 0 Å². The van der Waals surface area contributed by atoms with Crippen LogP contribution in [-0.2, 0) is 27.7 Å². The fraction of sp³-hybridized carbons (Fsp3) is 0.400. The monoisotopic (exact) mass is 332 g/mol. The van der Waals surface area contributed by atoms with E-state index >= 15 is 0 Å². The first-order chi connectivity index (χ1) is 10.7. The van der Waals surface area contributed by atoms with Crippen molar-refractivity contribution in [2.24, 2.45) is 0 Å². The minimum Gasteiger partial charge on any atom is -0.259 e. The van der Waals surface area contributed by atoms with E-state index in [9.17, 15) is 8.60 Å². The zero-order valence-electron chi connectivity index (χ0n) is 14.6. The van der Waals surface area contributed by atoms with Crippen LogP contribution in [0.15, 0.2) is 36.4 Å². The second-order valence-electron chi connectivity index (χ2n) is 7.20. The minimum absolute atomic E-state index is 0.106. The Morgan fingerprint density at radius 3 is 2.13 bits per heavy atom. The molecule has 0 bridgehead atoms. The zero-order chi connectivity index (χ0) is 17.2. The molecule has 0 radical (unpaired) electrons. The van der Waals surface area contributed by atoms with Crippen LogP contribution in [-0.4, -0.2) is 4.21 Å². The van der Waals surface area contributed by atoms with E-state index in [2.05, 4.69) is 46.8 Å². The smallest absolute Gasteiger partial charge is 0.123 e. The van der Waals surface area contributed by atoms with E-state index in [1.165, 1.54) is 28.8 Å². The molecule has 0 amide bonds. The summed E-state index contributed by atoms with van der Waals surface area (Å²) < 4.78 is 25.7. The predicted octanol–water partition coefficient (Wildman–Crippen LogP) is 5.19. The summed E-state index contributed by atoms with van der Waals surface area (Å²) in [5, 5.41) is 0. The van der Waals surface area contributed by atoms with E-state index in [1.807, 2.05) is 6.07 Å². The molecule has 0 aliphatic carbocycles.